The molecule has 108 valence electrons. The molecule has 0 bridgehead atoms. The van der Waals surface area contributed by atoms with E-state index < -0.39 is 16.0 Å². The summed E-state index contributed by atoms with van der Waals surface area (Å²) in [6.07, 6.45) is 7.06. The summed E-state index contributed by atoms with van der Waals surface area (Å²) in [6.45, 7) is 0.258. The fraction of sp³-hybridized carbons (Fsp3) is 0.308. The highest BCUT2D eigenvalue weighted by Crippen LogP contribution is 2.23. The first-order valence-electron chi connectivity index (χ1n) is 5.84. The summed E-state index contributed by atoms with van der Waals surface area (Å²) in [4.78, 5) is 10.8. The topological polar surface area (TPSA) is 83.5 Å². The third-order valence-electron chi connectivity index (χ3n) is 2.51. The zero-order chi connectivity index (χ0) is 15.2. The molecular formula is C13H14BrNO4S. The molecule has 0 amide bonds. The zero-order valence-electron chi connectivity index (χ0n) is 10.6. The molecule has 1 aromatic carbocycles. The maximum atomic E-state index is 12.1. The van der Waals surface area contributed by atoms with Gasteiger partial charge in [-0.3, -0.25) is 0 Å². The van der Waals surface area contributed by atoms with Gasteiger partial charge in [0.25, 0.3) is 0 Å². The van der Waals surface area contributed by atoms with E-state index >= 15 is 0 Å². The van der Waals surface area contributed by atoms with E-state index in [1.165, 1.54) is 12.1 Å². The minimum Gasteiger partial charge on any atom is -0.478 e. The Hall–Kier alpha value is -1.36. The number of hydrogen-bond acceptors (Lipinski definition) is 3. The molecule has 5 nitrogen and oxygen atoms in total. The summed E-state index contributed by atoms with van der Waals surface area (Å²) in [5.74, 6) is 1.30. The Labute approximate surface area is 126 Å². The molecule has 0 aromatic heterocycles. The number of carboxylic acid groups (broad SMARTS) is 1. The molecule has 0 aliphatic rings. The van der Waals surface area contributed by atoms with Gasteiger partial charge in [0.05, 0.1) is 10.5 Å². The smallest absolute Gasteiger partial charge is 0.335 e. The van der Waals surface area contributed by atoms with Crippen LogP contribution in [0, 0.1) is 12.3 Å². The summed E-state index contributed by atoms with van der Waals surface area (Å²) in [7, 11) is -3.75. The van der Waals surface area contributed by atoms with Gasteiger partial charge in [0.2, 0.25) is 10.0 Å². The van der Waals surface area contributed by atoms with Gasteiger partial charge in [0, 0.05) is 17.4 Å². The van der Waals surface area contributed by atoms with Crippen LogP contribution in [0.15, 0.2) is 27.6 Å². The van der Waals surface area contributed by atoms with Crippen LogP contribution in [0.1, 0.15) is 29.6 Å². The van der Waals surface area contributed by atoms with E-state index in [1.54, 1.807) is 0 Å². The predicted molar refractivity (Wildman–Crippen MR) is 79.0 cm³/mol. The summed E-state index contributed by atoms with van der Waals surface area (Å²) in [6, 6.07) is 3.85. The van der Waals surface area contributed by atoms with E-state index in [1.807, 2.05) is 0 Å². The van der Waals surface area contributed by atoms with Crippen molar-refractivity contribution in [3.8, 4) is 12.3 Å². The van der Waals surface area contributed by atoms with Crippen LogP contribution in [0.3, 0.4) is 0 Å². The van der Waals surface area contributed by atoms with Gasteiger partial charge < -0.3 is 5.11 Å². The first-order chi connectivity index (χ1) is 9.38. The molecule has 0 heterocycles. The second-order valence-corrected chi connectivity index (χ2v) is 6.60. The number of aromatic carboxylic acids is 1. The number of terminal acetylenes is 1. The van der Waals surface area contributed by atoms with Crippen molar-refractivity contribution in [3.05, 3.63) is 28.2 Å². The van der Waals surface area contributed by atoms with Crippen molar-refractivity contribution < 1.29 is 18.3 Å². The molecule has 0 unspecified atom stereocenters. The third-order valence-corrected chi connectivity index (χ3v) is 4.96. The summed E-state index contributed by atoms with van der Waals surface area (Å²) in [5, 5.41) is 8.89. The SMILES string of the molecule is C#CCCCCNS(=O)(=O)c1cc(C(=O)O)ccc1Br. The van der Waals surface area contributed by atoms with Crippen LogP contribution >= 0.6 is 15.9 Å². The first kappa shape index (κ1) is 16.7. The van der Waals surface area contributed by atoms with E-state index in [0.29, 0.717) is 17.3 Å². The molecule has 7 heteroatoms. The number of hydrogen-bond donors (Lipinski definition) is 2. The van der Waals surface area contributed by atoms with Crippen molar-refractivity contribution in [2.24, 2.45) is 0 Å². The highest BCUT2D eigenvalue weighted by Gasteiger charge is 2.19. The Morgan fingerprint density at radius 3 is 2.70 bits per heavy atom. The first-order valence-corrected chi connectivity index (χ1v) is 8.12. The molecule has 1 rings (SSSR count). The van der Waals surface area contributed by atoms with Crippen LogP contribution in [0.4, 0.5) is 0 Å². The lowest BCUT2D eigenvalue weighted by atomic mass is 10.2. The van der Waals surface area contributed by atoms with Crippen LogP contribution in [0.2, 0.25) is 0 Å². The van der Waals surface area contributed by atoms with Gasteiger partial charge in [-0.15, -0.1) is 12.3 Å². The number of benzene rings is 1. The second kappa shape index (κ2) is 7.43. The third kappa shape index (κ3) is 4.63. The van der Waals surface area contributed by atoms with Gasteiger partial charge in [-0.25, -0.2) is 17.9 Å². The number of carbonyl (C=O) groups is 1. The molecule has 0 aliphatic carbocycles. The highest BCUT2D eigenvalue weighted by atomic mass is 79.9. The van der Waals surface area contributed by atoms with Crippen LogP contribution < -0.4 is 4.72 Å². The van der Waals surface area contributed by atoms with Crippen LogP contribution in [0.25, 0.3) is 0 Å². The summed E-state index contributed by atoms with van der Waals surface area (Å²) >= 11 is 3.11. The van der Waals surface area contributed by atoms with Gasteiger partial charge in [-0.1, -0.05) is 0 Å². The van der Waals surface area contributed by atoms with Gasteiger partial charge in [-0.2, -0.15) is 0 Å². The van der Waals surface area contributed by atoms with Gasteiger partial charge in [0.1, 0.15) is 0 Å². The van der Waals surface area contributed by atoms with Crippen molar-refractivity contribution in [2.75, 3.05) is 6.54 Å². The molecule has 0 spiro atoms. The van der Waals surface area contributed by atoms with Crippen molar-refractivity contribution in [1.29, 1.82) is 0 Å². The molecule has 0 fully saturated rings. The lowest BCUT2D eigenvalue weighted by molar-refractivity contribution is 0.0696. The highest BCUT2D eigenvalue weighted by molar-refractivity contribution is 9.10. The number of rotatable bonds is 7. The number of nitrogens with one attached hydrogen (secondary N) is 1. The zero-order valence-corrected chi connectivity index (χ0v) is 13.0. The van der Waals surface area contributed by atoms with Crippen molar-refractivity contribution >= 4 is 31.9 Å². The molecule has 0 aliphatic heterocycles. The Morgan fingerprint density at radius 2 is 2.10 bits per heavy atom. The number of unbranched alkanes of at least 4 members (excludes halogenated alkanes) is 2. The van der Waals surface area contributed by atoms with E-state index in [9.17, 15) is 13.2 Å². The van der Waals surface area contributed by atoms with Gasteiger partial charge >= 0.3 is 5.97 Å². The average molecular weight is 360 g/mol. The Morgan fingerprint density at radius 1 is 1.40 bits per heavy atom. The molecule has 0 radical (unpaired) electrons. The fourth-order valence-corrected chi connectivity index (χ4v) is 3.54. The van der Waals surface area contributed by atoms with Crippen molar-refractivity contribution in [2.45, 2.75) is 24.2 Å². The van der Waals surface area contributed by atoms with Crippen LogP contribution in [-0.2, 0) is 10.0 Å². The quantitative estimate of drug-likeness (QED) is 0.577. The molecule has 20 heavy (non-hydrogen) atoms. The van der Waals surface area contributed by atoms with Crippen molar-refractivity contribution in [3.63, 3.8) is 0 Å². The molecule has 2 N–H and O–H groups in total. The lowest BCUT2D eigenvalue weighted by Crippen LogP contribution is -2.25. The molecule has 0 saturated carbocycles. The fourth-order valence-electron chi connectivity index (χ4n) is 1.48. The van der Waals surface area contributed by atoms with Crippen LogP contribution in [-0.4, -0.2) is 26.0 Å². The minimum atomic E-state index is -3.75. The van der Waals surface area contributed by atoms with Gasteiger partial charge in [-0.05, 0) is 47.0 Å². The number of sulfonamides is 1. The average Bonchev–Trinajstić information content (AvgIpc) is 2.38. The normalized spacial score (nSPS) is 11.0. The Kier molecular flexibility index (Phi) is 6.20. The van der Waals surface area contributed by atoms with Crippen LogP contribution in [0.5, 0.6) is 0 Å². The lowest BCUT2D eigenvalue weighted by Gasteiger charge is -2.09. The number of carboxylic acids is 1. The second-order valence-electron chi connectivity index (χ2n) is 4.01. The van der Waals surface area contributed by atoms with E-state index in [4.69, 9.17) is 11.5 Å². The van der Waals surface area contributed by atoms with E-state index in [-0.39, 0.29) is 17.0 Å². The largest absolute Gasteiger partial charge is 0.478 e. The van der Waals surface area contributed by atoms with Gasteiger partial charge in [0.15, 0.2) is 0 Å². The molecule has 0 saturated heterocycles. The molecule has 0 atom stereocenters. The number of halogens is 1. The summed E-state index contributed by atoms with van der Waals surface area (Å²) < 4.78 is 26.9. The van der Waals surface area contributed by atoms with Crippen molar-refractivity contribution in [1.82, 2.24) is 4.72 Å². The molecular weight excluding hydrogens is 346 g/mol. The maximum absolute atomic E-state index is 12.1. The Bertz CT molecular complexity index is 634. The molecule has 1 aromatic rings. The maximum Gasteiger partial charge on any atom is 0.335 e. The standard InChI is InChI=1S/C13H14BrNO4S/c1-2-3-4-5-8-15-20(18,19)12-9-10(13(16)17)6-7-11(12)14/h1,6-7,9,15H,3-5,8H2,(H,16,17). The van der Waals surface area contributed by atoms with E-state index in [0.717, 1.165) is 12.5 Å². The minimum absolute atomic E-state index is 0.0825. The predicted octanol–water partition coefficient (Wildman–Crippen LogP) is 2.23. The summed E-state index contributed by atoms with van der Waals surface area (Å²) in [5.41, 5.74) is -0.0825. The van der Waals surface area contributed by atoms with E-state index in [2.05, 4.69) is 26.6 Å². The monoisotopic (exact) mass is 359 g/mol. The Balaban J connectivity index is 2.84.